The molecule has 1 saturated carbocycles. The van der Waals surface area contributed by atoms with Crippen LogP contribution in [0.2, 0.25) is 0 Å². The summed E-state index contributed by atoms with van der Waals surface area (Å²) in [6, 6.07) is 10.3. The van der Waals surface area contributed by atoms with Crippen molar-refractivity contribution in [1.29, 1.82) is 0 Å². The predicted octanol–water partition coefficient (Wildman–Crippen LogP) is 3.35. The first kappa shape index (κ1) is 15.5. The molecule has 1 aromatic rings. The van der Waals surface area contributed by atoms with Crippen LogP contribution < -0.4 is 5.32 Å². The molecule has 3 rings (SSSR count). The van der Waals surface area contributed by atoms with E-state index in [4.69, 9.17) is 0 Å². The van der Waals surface area contributed by atoms with Crippen molar-refractivity contribution in [2.24, 2.45) is 5.92 Å². The number of nitrogens with one attached hydrogen (secondary N) is 1. The zero-order chi connectivity index (χ0) is 15.2. The molecule has 120 valence electrons. The zero-order valence-electron chi connectivity index (χ0n) is 13.5. The molecule has 1 atom stereocenters. The van der Waals surface area contributed by atoms with Crippen LogP contribution in [-0.4, -0.2) is 29.9 Å². The highest BCUT2D eigenvalue weighted by Gasteiger charge is 2.32. The third kappa shape index (κ3) is 4.10. The summed E-state index contributed by atoms with van der Waals surface area (Å²) in [4.78, 5) is 15.0. The van der Waals surface area contributed by atoms with Crippen LogP contribution in [0.1, 0.15) is 50.5 Å². The number of carbonyl (C=O) groups excluding carboxylic acids is 1. The van der Waals surface area contributed by atoms with Gasteiger partial charge in [0.2, 0.25) is 5.91 Å². The van der Waals surface area contributed by atoms with Gasteiger partial charge < -0.3 is 5.32 Å². The van der Waals surface area contributed by atoms with Crippen LogP contribution in [0.4, 0.5) is 0 Å². The van der Waals surface area contributed by atoms with E-state index in [-0.39, 0.29) is 11.9 Å². The Hall–Kier alpha value is -1.35. The highest BCUT2D eigenvalue weighted by molar-refractivity contribution is 5.82. The van der Waals surface area contributed by atoms with Gasteiger partial charge >= 0.3 is 0 Å². The molecule has 3 heteroatoms. The third-order valence-electron chi connectivity index (χ3n) is 5.19. The zero-order valence-corrected chi connectivity index (χ0v) is 13.5. The van der Waals surface area contributed by atoms with E-state index in [1.165, 1.54) is 37.7 Å². The fourth-order valence-electron chi connectivity index (χ4n) is 3.95. The molecule has 1 amide bonds. The Balaban J connectivity index is 1.49. The maximum Gasteiger partial charge on any atom is 0.237 e. The number of benzene rings is 1. The molecule has 1 heterocycles. The molecular weight excluding hydrogens is 272 g/mol. The number of carbonyl (C=O) groups is 1. The monoisotopic (exact) mass is 300 g/mol. The molecule has 3 nitrogen and oxygen atoms in total. The molecule has 1 saturated heterocycles. The Morgan fingerprint density at radius 2 is 1.82 bits per heavy atom. The lowest BCUT2D eigenvalue weighted by Gasteiger charge is -2.30. The first-order valence-corrected chi connectivity index (χ1v) is 8.88. The van der Waals surface area contributed by atoms with E-state index in [1.54, 1.807) is 0 Å². The Bertz CT molecular complexity index is 468. The standard InChI is InChI=1S/C19H28N2O/c22-19(20-14-16-8-3-1-4-9-16)18-12-7-13-21(18)15-17-10-5-2-6-11-17/h1,3-4,8-9,17-18H,2,5-7,10-15H2,(H,20,22)/t18-/m1/s1. The van der Waals surface area contributed by atoms with Gasteiger partial charge in [0.25, 0.3) is 0 Å². The maximum atomic E-state index is 12.5. The lowest BCUT2D eigenvalue weighted by atomic mass is 9.89. The smallest absolute Gasteiger partial charge is 0.237 e. The van der Waals surface area contributed by atoms with Gasteiger partial charge in [0.05, 0.1) is 6.04 Å². The van der Waals surface area contributed by atoms with Crippen molar-refractivity contribution in [2.45, 2.75) is 57.5 Å². The number of amides is 1. The summed E-state index contributed by atoms with van der Waals surface area (Å²) in [5, 5.41) is 3.13. The molecule has 1 N–H and O–H groups in total. The summed E-state index contributed by atoms with van der Waals surface area (Å²) in [5.41, 5.74) is 1.17. The average molecular weight is 300 g/mol. The predicted molar refractivity (Wildman–Crippen MR) is 89.5 cm³/mol. The second kappa shape index (κ2) is 7.77. The summed E-state index contributed by atoms with van der Waals surface area (Å²) >= 11 is 0. The molecule has 0 spiro atoms. The van der Waals surface area contributed by atoms with Crippen molar-refractivity contribution in [1.82, 2.24) is 10.2 Å². The first-order chi connectivity index (χ1) is 10.8. The molecule has 1 aromatic carbocycles. The van der Waals surface area contributed by atoms with Crippen molar-refractivity contribution >= 4 is 5.91 Å². The Labute approximate surface area is 134 Å². The second-order valence-electron chi connectivity index (χ2n) is 6.86. The van der Waals surface area contributed by atoms with Crippen LogP contribution in [0, 0.1) is 5.92 Å². The SMILES string of the molecule is O=C(NCc1ccccc1)[C@H]1CCCN1CC1CCCCC1. The minimum atomic E-state index is 0.102. The Kier molecular flexibility index (Phi) is 5.49. The minimum absolute atomic E-state index is 0.102. The molecule has 0 radical (unpaired) electrons. The molecule has 2 fully saturated rings. The fraction of sp³-hybridized carbons (Fsp3) is 0.632. The van der Waals surface area contributed by atoms with Crippen molar-refractivity contribution in [3.8, 4) is 0 Å². The van der Waals surface area contributed by atoms with E-state index in [9.17, 15) is 4.79 Å². The molecule has 1 aliphatic carbocycles. The number of nitrogens with zero attached hydrogens (tertiary/aromatic N) is 1. The summed E-state index contributed by atoms with van der Waals surface area (Å²) in [6.45, 7) is 2.87. The Morgan fingerprint density at radius 1 is 1.05 bits per heavy atom. The van der Waals surface area contributed by atoms with Crippen LogP contribution in [-0.2, 0) is 11.3 Å². The normalized spacial score (nSPS) is 23.5. The van der Waals surface area contributed by atoms with Gasteiger partial charge in [0.1, 0.15) is 0 Å². The largest absolute Gasteiger partial charge is 0.351 e. The number of hydrogen-bond acceptors (Lipinski definition) is 2. The van der Waals surface area contributed by atoms with Gasteiger partial charge in [-0.05, 0) is 43.7 Å². The van der Waals surface area contributed by atoms with Crippen LogP contribution in [0.15, 0.2) is 30.3 Å². The van der Waals surface area contributed by atoms with Gasteiger partial charge in [-0.1, -0.05) is 49.6 Å². The molecule has 0 bridgehead atoms. The van der Waals surface area contributed by atoms with Crippen LogP contribution in [0.25, 0.3) is 0 Å². The minimum Gasteiger partial charge on any atom is -0.351 e. The average Bonchev–Trinajstić information content (AvgIpc) is 3.03. The maximum absolute atomic E-state index is 12.5. The topological polar surface area (TPSA) is 32.3 Å². The van der Waals surface area contributed by atoms with E-state index in [0.717, 1.165) is 31.8 Å². The van der Waals surface area contributed by atoms with E-state index in [1.807, 2.05) is 18.2 Å². The van der Waals surface area contributed by atoms with E-state index in [2.05, 4.69) is 22.3 Å². The lowest BCUT2D eigenvalue weighted by Crippen LogP contribution is -2.44. The molecule has 0 unspecified atom stereocenters. The van der Waals surface area contributed by atoms with Gasteiger partial charge in [0.15, 0.2) is 0 Å². The van der Waals surface area contributed by atoms with Gasteiger partial charge in [-0.15, -0.1) is 0 Å². The highest BCUT2D eigenvalue weighted by atomic mass is 16.2. The number of hydrogen-bond donors (Lipinski definition) is 1. The second-order valence-corrected chi connectivity index (χ2v) is 6.86. The van der Waals surface area contributed by atoms with Crippen molar-refractivity contribution in [3.63, 3.8) is 0 Å². The number of likely N-dealkylation sites (tertiary alicyclic amines) is 1. The fourth-order valence-corrected chi connectivity index (χ4v) is 3.95. The van der Waals surface area contributed by atoms with Crippen molar-refractivity contribution in [2.75, 3.05) is 13.1 Å². The Morgan fingerprint density at radius 3 is 2.59 bits per heavy atom. The molecular formula is C19H28N2O. The highest BCUT2D eigenvalue weighted by Crippen LogP contribution is 2.27. The van der Waals surface area contributed by atoms with Gasteiger partial charge in [-0.2, -0.15) is 0 Å². The van der Waals surface area contributed by atoms with Gasteiger partial charge in [-0.3, -0.25) is 9.69 Å². The van der Waals surface area contributed by atoms with E-state index in [0.29, 0.717) is 6.54 Å². The van der Waals surface area contributed by atoms with Crippen LogP contribution >= 0.6 is 0 Å². The number of rotatable bonds is 5. The molecule has 1 aliphatic heterocycles. The van der Waals surface area contributed by atoms with Crippen molar-refractivity contribution in [3.05, 3.63) is 35.9 Å². The lowest BCUT2D eigenvalue weighted by molar-refractivity contribution is -0.125. The summed E-state index contributed by atoms with van der Waals surface area (Å²) in [7, 11) is 0. The summed E-state index contributed by atoms with van der Waals surface area (Å²) < 4.78 is 0. The molecule has 0 aromatic heterocycles. The summed E-state index contributed by atoms with van der Waals surface area (Å²) in [5.74, 6) is 1.04. The molecule has 22 heavy (non-hydrogen) atoms. The quantitative estimate of drug-likeness (QED) is 0.904. The first-order valence-electron chi connectivity index (χ1n) is 8.88. The van der Waals surface area contributed by atoms with Gasteiger partial charge in [-0.25, -0.2) is 0 Å². The summed E-state index contributed by atoms with van der Waals surface area (Å²) in [6.07, 6.45) is 9.05. The molecule has 2 aliphatic rings. The van der Waals surface area contributed by atoms with E-state index >= 15 is 0 Å². The van der Waals surface area contributed by atoms with E-state index < -0.39 is 0 Å². The van der Waals surface area contributed by atoms with Crippen molar-refractivity contribution < 1.29 is 4.79 Å². The third-order valence-corrected chi connectivity index (χ3v) is 5.19. The van der Waals surface area contributed by atoms with Crippen LogP contribution in [0.3, 0.4) is 0 Å². The van der Waals surface area contributed by atoms with Gasteiger partial charge in [0, 0.05) is 13.1 Å². The van der Waals surface area contributed by atoms with Crippen LogP contribution in [0.5, 0.6) is 0 Å².